The average Bonchev–Trinajstić information content (AvgIpc) is 2.07. The van der Waals surface area contributed by atoms with Gasteiger partial charge in [-0.3, -0.25) is 4.79 Å². The summed E-state index contributed by atoms with van der Waals surface area (Å²) in [5.41, 5.74) is 1.43. The molecule has 3 nitrogen and oxygen atoms in total. The zero-order valence-electron chi connectivity index (χ0n) is 6.87. The average molecular weight is 165 g/mol. The maximum Gasteiger partial charge on any atom is 0.255 e. The Hall–Kier alpha value is -1.35. The molecule has 0 spiro atoms. The van der Waals surface area contributed by atoms with Crippen molar-refractivity contribution in [3.63, 3.8) is 0 Å². The molecule has 0 unspecified atom stereocenters. The molecule has 0 radical (unpaired) electrons. The highest BCUT2D eigenvalue weighted by Crippen LogP contribution is 1.97. The van der Waals surface area contributed by atoms with Crippen LogP contribution in [0.3, 0.4) is 0 Å². The fourth-order valence-corrected chi connectivity index (χ4v) is 0.919. The van der Waals surface area contributed by atoms with Crippen LogP contribution in [0.15, 0.2) is 23.1 Å². The third-order valence-corrected chi connectivity index (χ3v) is 1.48. The van der Waals surface area contributed by atoms with Crippen LogP contribution in [-0.4, -0.2) is 16.7 Å². The number of aliphatic hydroxyl groups excluding tert-OH is 1. The number of rotatable bonds is 2. The van der Waals surface area contributed by atoms with Crippen LogP contribution >= 0.6 is 0 Å². The second-order valence-corrected chi connectivity index (χ2v) is 2.55. The van der Waals surface area contributed by atoms with Crippen molar-refractivity contribution in [2.24, 2.45) is 0 Å². The van der Waals surface area contributed by atoms with Gasteiger partial charge in [-0.25, -0.2) is 0 Å². The second kappa shape index (κ2) is 3.88. The second-order valence-electron chi connectivity index (χ2n) is 2.55. The number of aryl methyl sites for hydroxylation is 1. The van der Waals surface area contributed by atoms with E-state index in [1.54, 1.807) is 18.3 Å². The van der Waals surface area contributed by atoms with Crippen LogP contribution < -0.4 is 5.56 Å². The molecule has 0 fully saturated rings. The lowest BCUT2D eigenvalue weighted by Crippen LogP contribution is -2.08. The summed E-state index contributed by atoms with van der Waals surface area (Å²) in [6, 6.07) is 1.77. The minimum Gasteiger partial charge on any atom is -0.392 e. The lowest BCUT2D eigenvalue weighted by Gasteiger charge is -1.93. The maximum absolute atomic E-state index is 11.1. The van der Waals surface area contributed by atoms with Crippen LogP contribution in [-0.2, 0) is 0 Å². The summed E-state index contributed by atoms with van der Waals surface area (Å²) in [5, 5.41) is 8.49. The van der Waals surface area contributed by atoms with Crippen LogP contribution in [0, 0.1) is 6.92 Å². The molecule has 0 amide bonds. The van der Waals surface area contributed by atoms with Crippen molar-refractivity contribution in [1.29, 1.82) is 0 Å². The van der Waals surface area contributed by atoms with Crippen LogP contribution in [0.1, 0.15) is 11.1 Å². The number of pyridine rings is 1. The molecule has 0 bridgehead atoms. The number of nitrogens with one attached hydrogen (secondary N) is 1. The summed E-state index contributed by atoms with van der Waals surface area (Å²) in [6.45, 7) is 1.85. The smallest absolute Gasteiger partial charge is 0.255 e. The summed E-state index contributed by atoms with van der Waals surface area (Å²) < 4.78 is 0. The topological polar surface area (TPSA) is 53.1 Å². The van der Waals surface area contributed by atoms with E-state index in [4.69, 9.17) is 5.11 Å². The number of aromatic nitrogens is 1. The van der Waals surface area contributed by atoms with Crippen molar-refractivity contribution in [2.45, 2.75) is 6.92 Å². The molecule has 2 N–H and O–H groups in total. The first-order chi connectivity index (χ1) is 5.74. The normalized spacial score (nSPS) is 10.8. The monoisotopic (exact) mass is 165 g/mol. The number of hydrogen-bond donors (Lipinski definition) is 2. The molecular weight excluding hydrogens is 154 g/mol. The summed E-state index contributed by atoms with van der Waals surface area (Å²) >= 11 is 0. The van der Waals surface area contributed by atoms with Crippen molar-refractivity contribution in [3.8, 4) is 0 Å². The van der Waals surface area contributed by atoms with Gasteiger partial charge >= 0.3 is 0 Å². The first-order valence-electron chi connectivity index (χ1n) is 3.71. The quantitative estimate of drug-likeness (QED) is 0.677. The lowest BCUT2D eigenvalue weighted by atomic mass is 10.2. The lowest BCUT2D eigenvalue weighted by molar-refractivity contribution is 0.343. The van der Waals surface area contributed by atoms with E-state index in [1.165, 1.54) is 6.08 Å². The third-order valence-electron chi connectivity index (χ3n) is 1.48. The van der Waals surface area contributed by atoms with Gasteiger partial charge < -0.3 is 10.1 Å². The fraction of sp³-hybridized carbons (Fsp3) is 0.222. The van der Waals surface area contributed by atoms with Gasteiger partial charge in [0.2, 0.25) is 0 Å². The molecule has 0 aliphatic heterocycles. The van der Waals surface area contributed by atoms with E-state index in [0.29, 0.717) is 5.56 Å². The maximum atomic E-state index is 11.1. The number of H-pyrrole nitrogens is 1. The van der Waals surface area contributed by atoms with E-state index < -0.39 is 0 Å². The molecule has 0 saturated carbocycles. The van der Waals surface area contributed by atoms with Gasteiger partial charge in [-0.05, 0) is 18.6 Å². The summed E-state index contributed by atoms with van der Waals surface area (Å²) in [4.78, 5) is 13.7. The number of aliphatic hydroxyl groups is 1. The Morgan fingerprint density at radius 1 is 1.67 bits per heavy atom. The van der Waals surface area contributed by atoms with Gasteiger partial charge in [0.05, 0.1) is 6.61 Å². The highest BCUT2D eigenvalue weighted by molar-refractivity contribution is 5.48. The molecule has 0 aliphatic rings. The summed E-state index contributed by atoms with van der Waals surface area (Å²) in [7, 11) is 0. The molecule has 0 aromatic carbocycles. The molecule has 3 heteroatoms. The van der Waals surface area contributed by atoms with Gasteiger partial charge in [-0.1, -0.05) is 12.2 Å². The zero-order chi connectivity index (χ0) is 8.97. The van der Waals surface area contributed by atoms with E-state index in [9.17, 15) is 4.79 Å². The van der Waals surface area contributed by atoms with Gasteiger partial charge in [0.1, 0.15) is 0 Å². The summed E-state index contributed by atoms with van der Waals surface area (Å²) in [5.74, 6) is 0. The summed E-state index contributed by atoms with van der Waals surface area (Å²) in [6.07, 6.45) is 4.79. The largest absolute Gasteiger partial charge is 0.392 e. The molecule has 1 heterocycles. The van der Waals surface area contributed by atoms with Crippen molar-refractivity contribution in [3.05, 3.63) is 39.8 Å². The van der Waals surface area contributed by atoms with Crippen LogP contribution in [0.2, 0.25) is 0 Å². The molecule has 12 heavy (non-hydrogen) atoms. The Bertz CT molecular complexity index is 339. The highest BCUT2D eigenvalue weighted by Gasteiger charge is 1.93. The molecule has 1 rings (SSSR count). The van der Waals surface area contributed by atoms with Crippen LogP contribution in [0.25, 0.3) is 6.08 Å². The van der Waals surface area contributed by atoms with Crippen LogP contribution in [0.5, 0.6) is 0 Å². The third kappa shape index (κ3) is 2.07. The molecule has 64 valence electrons. The Labute approximate surface area is 70.4 Å². The van der Waals surface area contributed by atoms with E-state index in [1.807, 2.05) is 6.92 Å². The minimum absolute atomic E-state index is 0.0482. The molecule has 0 atom stereocenters. The van der Waals surface area contributed by atoms with Gasteiger partial charge in [0.15, 0.2) is 0 Å². The first-order valence-corrected chi connectivity index (χ1v) is 3.71. The van der Waals surface area contributed by atoms with E-state index in [-0.39, 0.29) is 12.2 Å². The predicted octanol–water partition coefficient (Wildman–Crippen LogP) is 0.689. The van der Waals surface area contributed by atoms with E-state index in [0.717, 1.165) is 5.56 Å². The van der Waals surface area contributed by atoms with Crippen molar-refractivity contribution < 1.29 is 5.11 Å². The fourth-order valence-electron chi connectivity index (χ4n) is 0.919. The predicted molar refractivity (Wildman–Crippen MR) is 47.9 cm³/mol. The molecular formula is C9H11NO2. The van der Waals surface area contributed by atoms with Crippen molar-refractivity contribution in [1.82, 2.24) is 4.98 Å². The number of aromatic amines is 1. The zero-order valence-corrected chi connectivity index (χ0v) is 6.87. The van der Waals surface area contributed by atoms with E-state index in [2.05, 4.69) is 4.98 Å². The Morgan fingerprint density at radius 3 is 3.08 bits per heavy atom. The Balaban J connectivity index is 3.06. The Kier molecular flexibility index (Phi) is 2.82. The van der Waals surface area contributed by atoms with Gasteiger partial charge in [-0.15, -0.1) is 0 Å². The first kappa shape index (κ1) is 8.74. The minimum atomic E-state index is -0.134. The standard InChI is InChI=1S/C9H11NO2/c1-7-5-8(3-2-4-11)9(12)10-6-7/h2-3,5-6,11H,4H2,1H3,(H,10,12). The number of hydrogen-bond acceptors (Lipinski definition) is 2. The van der Waals surface area contributed by atoms with Crippen molar-refractivity contribution in [2.75, 3.05) is 6.61 Å². The highest BCUT2D eigenvalue weighted by atomic mass is 16.2. The van der Waals surface area contributed by atoms with E-state index >= 15 is 0 Å². The molecule has 0 aliphatic carbocycles. The van der Waals surface area contributed by atoms with Gasteiger partial charge in [0.25, 0.3) is 5.56 Å². The molecule has 0 saturated heterocycles. The van der Waals surface area contributed by atoms with Gasteiger partial charge in [-0.2, -0.15) is 0 Å². The molecule has 1 aromatic heterocycles. The Morgan fingerprint density at radius 2 is 2.42 bits per heavy atom. The molecule has 1 aromatic rings. The van der Waals surface area contributed by atoms with Crippen molar-refractivity contribution >= 4 is 6.08 Å². The van der Waals surface area contributed by atoms with Crippen LogP contribution in [0.4, 0.5) is 0 Å². The SMILES string of the molecule is Cc1c[nH]c(=O)c(C=CCO)c1. The van der Waals surface area contributed by atoms with Gasteiger partial charge in [0, 0.05) is 11.8 Å².